The van der Waals surface area contributed by atoms with Crippen LogP contribution in [0.2, 0.25) is 0 Å². The topological polar surface area (TPSA) is 116 Å². The average Bonchev–Trinajstić information content (AvgIpc) is 3.47. The van der Waals surface area contributed by atoms with Gasteiger partial charge in [-0.1, -0.05) is 12.1 Å². The smallest absolute Gasteiger partial charge is 0.325 e. The van der Waals surface area contributed by atoms with Gasteiger partial charge in [-0.2, -0.15) is 5.10 Å². The SMILES string of the molecule is O=C(c1cn2nc(-c3c[nH]c(=O)[nH]c3=O)cc(C3CC3c3ccc(F)cc3)c2n1)N1CC(F)(F)C1. The Labute approximate surface area is 194 Å². The highest BCUT2D eigenvalue weighted by atomic mass is 19.3. The fourth-order valence-electron chi connectivity index (χ4n) is 4.54. The van der Waals surface area contributed by atoms with Crippen molar-refractivity contribution in [2.24, 2.45) is 0 Å². The van der Waals surface area contributed by atoms with Gasteiger partial charge in [-0.15, -0.1) is 0 Å². The lowest BCUT2D eigenvalue weighted by Gasteiger charge is -2.38. The van der Waals surface area contributed by atoms with Gasteiger partial charge in [0.15, 0.2) is 5.65 Å². The van der Waals surface area contributed by atoms with Crippen LogP contribution in [-0.2, 0) is 0 Å². The highest BCUT2D eigenvalue weighted by Gasteiger charge is 2.47. The van der Waals surface area contributed by atoms with Gasteiger partial charge in [-0.25, -0.2) is 27.5 Å². The fourth-order valence-corrected chi connectivity index (χ4v) is 4.54. The number of nitrogens with one attached hydrogen (secondary N) is 2. The molecule has 1 saturated heterocycles. The lowest BCUT2D eigenvalue weighted by Crippen LogP contribution is -2.58. The molecule has 4 aromatic rings. The second-order valence-corrected chi connectivity index (χ2v) is 8.88. The van der Waals surface area contributed by atoms with Gasteiger partial charge in [0.2, 0.25) is 0 Å². The summed E-state index contributed by atoms with van der Waals surface area (Å²) in [4.78, 5) is 46.5. The maximum absolute atomic E-state index is 13.4. The molecule has 2 atom stereocenters. The summed E-state index contributed by atoms with van der Waals surface area (Å²) in [6.45, 7) is -1.35. The molecule has 2 unspecified atom stereocenters. The molecule has 3 aromatic heterocycles. The average molecular weight is 482 g/mol. The first-order valence-electron chi connectivity index (χ1n) is 10.8. The quantitative estimate of drug-likeness (QED) is 0.463. The van der Waals surface area contributed by atoms with Crippen molar-refractivity contribution in [2.75, 3.05) is 13.1 Å². The number of imidazole rings is 1. The van der Waals surface area contributed by atoms with Crippen molar-refractivity contribution in [3.05, 3.63) is 86.2 Å². The minimum absolute atomic E-state index is 0.0410. The van der Waals surface area contributed by atoms with Gasteiger partial charge in [0.1, 0.15) is 11.5 Å². The van der Waals surface area contributed by atoms with Crippen LogP contribution < -0.4 is 11.2 Å². The highest BCUT2D eigenvalue weighted by Crippen LogP contribution is 2.55. The standard InChI is InChI=1S/C23H17F3N6O3/c24-12-3-1-11(2-4-12)13-5-14(13)15-6-17(16-7-27-22(35)29-20(16)33)30-32-8-18(28-19(15)32)21(34)31-9-23(25,26)10-31/h1-4,6-8,13-14H,5,9-10H2,(H2,27,29,33,35). The molecule has 2 fully saturated rings. The van der Waals surface area contributed by atoms with E-state index in [4.69, 9.17) is 0 Å². The van der Waals surface area contributed by atoms with Gasteiger partial charge in [0.05, 0.1) is 30.5 Å². The monoisotopic (exact) mass is 482 g/mol. The number of carbonyl (C=O) groups excluding carboxylic acids is 1. The lowest BCUT2D eigenvalue weighted by molar-refractivity contribution is -0.113. The summed E-state index contributed by atoms with van der Waals surface area (Å²) in [5, 5.41) is 4.39. The number of fused-ring (bicyclic) bond motifs is 1. The van der Waals surface area contributed by atoms with Crippen molar-refractivity contribution < 1.29 is 18.0 Å². The van der Waals surface area contributed by atoms with Crippen molar-refractivity contribution in [1.82, 2.24) is 29.5 Å². The zero-order chi connectivity index (χ0) is 24.5. The van der Waals surface area contributed by atoms with Crippen LogP contribution >= 0.6 is 0 Å². The molecular weight excluding hydrogens is 465 g/mol. The van der Waals surface area contributed by atoms with E-state index in [0.717, 1.165) is 16.9 Å². The van der Waals surface area contributed by atoms with E-state index < -0.39 is 36.2 Å². The predicted molar refractivity (Wildman–Crippen MR) is 117 cm³/mol. The van der Waals surface area contributed by atoms with Gasteiger partial charge < -0.3 is 9.88 Å². The van der Waals surface area contributed by atoms with Crippen molar-refractivity contribution in [3.63, 3.8) is 0 Å². The van der Waals surface area contributed by atoms with Crippen LogP contribution in [0, 0.1) is 5.82 Å². The van der Waals surface area contributed by atoms with Crippen molar-refractivity contribution in [3.8, 4) is 11.3 Å². The summed E-state index contributed by atoms with van der Waals surface area (Å²) in [5.74, 6) is -3.88. The summed E-state index contributed by atoms with van der Waals surface area (Å²) in [6.07, 6.45) is 3.31. The van der Waals surface area contributed by atoms with E-state index in [1.165, 1.54) is 29.0 Å². The number of aromatic amines is 2. The molecule has 178 valence electrons. The first-order valence-corrected chi connectivity index (χ1v) is 10.8. The number of carbonyl (C=O) groups is 1. The Balaban J connectivity index is 1.44. The number of likely N-dealkylation sites (tertiary alicyclic amines) is 1. The van der Waals surface area contributed by atoms with Gasteiger partial charge in [0, 0.05) is 11.8 Å². The number of benzene rings is 1. The Morgan fingerprint density at radius 3 is 2.54 bits per heavy atom. The van der Waals surface area contributed by atoms with Crippen molar-refractivity contribution >= 4 is 11.6 Å². The maximum Gasteiger partial charge on any atom is 0.325 e. The van der Waals surface area contributed by atoms with Crippen molar-refractivity contribution in [1.29, 1.82) is 0 Å². The number of amides is 1. The molecule has 4 heterocycles. The molecule has 9 nitrogen and oxygen atoms in total. The predicted octanol–water partition coefficient (Wildman–Crippen LogP) is 2.27. The Kier molecular flexibility index (Phi) is 4.50. The van der Waals surface area contributed by atoms with Crippen LogP contribution in [0.4, 0.5) is 13.2 Å². The summed E-state index contributed by atoms with van der Waals surface area (Å²) in [7, 11) is 0. The number of aromatic nitrogens is 5. The Morgan fingerprint density at radius 2 is 1.86 bits per heavy atom. The molecule has 1 aromatic carbocycles. The minimum Gasteiger partial charge on any atom is -0.325 e. The first kappa shape index (κ1) is 21.3. The lowest BCUT2D eigenvalue weighted by atomic mass is 10.0. The largest absolute Gasteiger partial charge is 0.325 e. The van der Waals surface area contributed by atoms with Gasteiger partial charge in [-0.05, 0) is 42.0 Å². The zero-order valence-electron chi connectivity index (χ0n) is 18.0. The van der Waals surface area contributed by atoms with E-state index in [-0.39, 0.29) is 34.6 Å². The zero-order valence-corrected chi connectivity index (χ0v) is 18.0. The number of nitrogens with zero attached hydrogens (tertiary/aromatic N) is 4. The molecule has 12 heteroatoms. The summed E-state index contributed by atoms with van der Waals surface area (Å²) < 4.78 is 41.3. The van der Waals surface area contributed by atoms with E-state index in [0.29, 0.717) is 11.2 Å². The van der Waals surface area contributed by atoms with E-state index in [9.17, 15) is 27.6 Å². The molecule has 1 amide bonds. The summed E-state index contributed by atoms with van der Waals surface area (Å²) in [5.41, 5.74) is 0.985. The molecular formula is C23H17F3N6O3. The molecule has 0 radical (unpaired) electrons. The summed E-state index contributed by atoms with van der Waals surface area (Å²) in [6, 6.07) is 7.85. The Hall–Kier alpha value is -4.22. The second-order valence-electron chi connectivity index (χ2n) is 8.88. The molecule has 0 spiro atoms. The highest BCUT2D eigenvalue weighted by molar-refractivity contribution is 5.93. The van der Waals surface area contributed by atoms with Gasteiger partial charge >= 0.3 is 5.69 Å². The molecule has 1 aliphatic carbocycles. The van der Waals surface area contributed by atoms with Crippen LogP contribution in [0.25, 0.3) is 16.9 Å². The normalized spacial score (nSPS) is 20.6. The number of hydrogen-bond donors (Lipinski definition) is 2. The number of halogens is 3. The molecule has 1 aliphatic heterocycles. The number of rotatable bonds is 4. The molecule has 1 saturated carbocycles. The van der Waals surface area contributed by atoms with E-state index in [1.54, 1.807) is 18.2 Å². The minimum atomic E-state index is -2.91. The second kappa shape index (κ2) is 7.39. The molecule has 6 rings (SSSR count). The maximum atomic E-state index is 13.4. The van der Waals surface area contributed by atoms with E-state index in [2.05, 4.69) is 20.1 Å². The van der Waals surface area contributed by atoms with Crippen LogP contribution in [0.5, 0.6) is 0 Å². The fraction of sp³-hybridized carbons (Fsp3) is 0.261. The molecule has 2 aliphatic rings. The van der Waals surface area contributed by atoms with Gasteiger partial charge in [-0.3, -0.25) is 14.6 Å². The van der Waals surface area contributed by atoms with E-state index >= 15 is 0 Å². The van der Waals surface area contributed by atoms with Crippen LogP contribution in [0.1, 0.15) is 39.9 Å². The number of hydrogen-bond acceptors (Lipinski definition) is 5. The van der Waals surface area contributed by atoms with Crippen molar-refractivity contribution in [2.45, 2.75) is 24.2 Å². The molecule has 35 heavy (non-hydrogen) atoms. The first-order chi connectivity index (χ1) is 16.7. The Bertz CT molecular complexity index is 1600. The third kappa shape index (κ3) is 3.70. The van der Waals surface area contributed by atoms with Crippen LogP contribution in [-0.4, -0.2) is 54.4 Å². The number of H-pyrrole nitrogens is 2. The molecule has 2 N–H and O–H groups in total. The number of alkyl halides is 2. The third-order valence-electron chi connectivity index (χ3n) is 6.39. The molecule has 0 bridgehead atoms. The van der Waals surface area contributed by atoms with Crippen LogP contribution in [0.15, 0.2) is 52.3 Å². The van der Waals surface area contributed by atoms with Gasteiger partial charge in [0.25, 0.3) is 17.4 Å². The van der Waals surface area contributed by atoms with E-state index in [1.807, 2.05) is 0 Å². The summed E-state index contributed by atoms with van der Waals surface area (Å²) >= 11 is 0. The van der Waals surface area contributed by atoms with Crippen LogP contribution in [0.3, 0.4) is 0 Å². The third-order valence-corrected chi connectivity index (χ3v) is 6.39. The Morgan fingerprint density at radius 1 is 1.11 bits per heavy atom.